The maximum Gasteiger partial charge on any atom is 0.416 e. The Morgan fingerprint density at radius 2 is 1.46 bits per heavy atom. The summed E-state index contributed by atoms with van der Waals surface area (Å²) in [5.41, 5.74) is -6.31. The molecule has 1 N–H and O–H groups in total. The van der Waals surface area contributed by atoms with Gasteiger partial charge in [-0.15, -0.1) is 0 Å². The fourth-order valence-electron chi connectivity index (χ4n) is 3.57. The molecule has 0 radical (unpaired) electrons. The van der Waals surface area contributed by atoms with E-state index < -0.39 is 51.7 Å². The van der Waals surface area contributed by atoms with E-state index in [2.05, 4.69) is 15.0 Å². The molecule has 12 heteroatoms. The molecule has 5 nitrogen and oxygen atoms in total. The van der Waals surface area contributed by atoms with E-state index in [1.165, 1.54) is 12.1 Å². The lowest BCUT2D eigenvalue weighted by atomic mass is 9.80. The van der Waals surface area contributed by atoms with Crippen molar-refractivity contribution in [3.63, 3.8) is 0 Å². The van der Waals surface area contributed by atoms with Gasteiger partial charge in [-0.1, -0.05) is 12.1 Å². The first kappa shape index (κ1) is 26.0. The quantitative estimate of drug-likeness (QED) is 0.312. The van der Waals surface area contributed by atoms with Gasteiger partial charge >= 0.3 is 12.1 Å². The molecule has 0 aliphatic carbocycles. The summed E-state index contributed by atoms with van der Waals surface area (Å²) >= 11 is 0. The highest BCUT2D eigenvalue weighted by Crippen LogP contribution is 2.49. The van der Waals surface area contributed by atoms with Crippen molar-refractivity contribution in [2.75, 3.05) is 0 Å². The number of hydrogen-bond donors (Lipinski definition) is 1. The third-order valence-electron chi connectivity index (χ3n) is 5.50. The highest BCUT2D eigenvalue weighted by atomic mass is 19.4. The van der Waals surface area contributed by atoms with Crippen molar-refractivity contribution in [3.8, 4) is 5.75 Å². The molecule has 0 amide bonds. The Morgan fingerprint density at radius 3 is 2.03 bits per heavy atom. The molecule has 4 aromatic rings. The largest absolute Gasteiger partial charge is 0.487 e. The number of benzene rings is 2. The summed E-state index contributed by atoms with van der Waals surface area (Å²) in [6.45, 7) is -0.179. The maximum absolute atomic E-state index is 15.8. The zero-order valence-corrected chi connectivity index (χ0v) is 18.6. The zero-order valence-electron chi connectivity index (χ0n) is 18.6. The van der Waals surface area contributed by atoms with Crippen molar-refractivity contribution < 1.29 is 40.6 Å². The van der Waals surface area contributed by atoms with Crippen molar-refractivity contribution >= 4 is 0 Å². The average Bonchev–Trinajstić information content (AvgIpc) is 2.87. The lowest BCUT2D eigenvalue weighted by Crippen LogP contribution is -2.45. The first-order chi connectivity index (χ1) is 17.4. The molecule has 0 aliphatic rings. The Balaban J connectivity index is 1.62. The average molecular weight is 523 g/mol. The van der Waals surface area contributed by atoms with Gasteiger partial charge in [-0.05, 0) is 42.0 Å². The molecule has 2 aromatic carbocycles. The number of pyridine rings is 1. The van der Waals surface area contributed by atoms with Gasteiger partial charge in [0.1, 0.15) is 36.0 Å². The highest BCUT2D eigenvalue weighted by Gasteiger charge is 2.59. The standard InChI is InChI=1S/C25H16F7N3O2/c26-18-5-7-20(21(27)9-18)23(36,17-10-33-14-34-11-17)24(28,29)22-8-6-19(12-35-22)37-13-15-1-3-16(4-2-15)25(30,31)32/h1-12,14,36H,13H2. The van der Waals surface area contributed by atoms with Crippen LogP contribution in [0.15, 0.2) is 79.5 Å². The first-order valence-corrected chi connectivity index (χ1v) is 10.5. The molecule has 0 fully saturated rings. The monoisotopic (exact) mass is 523 g/mol. The van der Waals surface area contributed by atoms with E-state index in [4.69, 9.17) is 4.74 Å². The van der Waals surface area contributed by atoms with E-state index in [-0.39, 0.29) is 12.4 Å². The van der Waals surface area contributed by atoms with Gasteiger partial charge in [0.2, 0.25) is 0 Å². The van der Waals surface area contributed by atoms with Crippen LogP contribution in [0.3, 0.4) is 0 Å². The molecule has 0 aliphatic heterocycles. The van der Waals surface area contributed by atoms with E-state index in [0.717, 1.165) is 55.2 Å². The fraction of sp³-hybridized carbons (Fsp3) is 0.160. The van der Waals surface area contributed by atoms with Crippen molar-refractivity contribution in [1.82, 2.24) is 15.0 Å². The first-order valence-electron chi connectivity index (χ1n) is 10.5. The SMILES string of the molecule is OC(c1cncnc1)(c1ccc(F)cc1F)C(F)(F)c1ccc(OCc2ccc(C(F)(F)F)cc2)cn1. The van der Waals surface area contributed by atoms with Crippen LogP contribution in [0.5, 0.6) is 5.75 Å². The second-order valence-corrected chi connectivity index (χ2v) is 7.90. The number of ether oxygens (including phenoxy) is 1. The smallest absolute Gasteiger partial charge is 0.416 e. The van der Waals surface area contributed by atoms with Crippen LogP contribution in [0.2, 0.25) is 0 Å². The number of hydrogen-bond acceptors (Lipinski definition) is 5. The second-order valence-electron chi connectivity index (χ2n) is 7.90. The molecule has 1 unspecified atom stereocenters. The van der Waals surface area contributed by atoms with Crippen LogP contribution in [-0.2, 0) is 24.3 Å². The summed E-state index contributed by atoms with van der Waals surface area (Å²) in [4.78, 5) is 10.9. The van der Waals surface area contributed by atoms with Gasteiger partial charge in [0.25, 0.3) is 0 Å². The summed E-state index contributed by atoms with van der Waals surface area (Å²) in [7, 11) is 0. The molecular weight excluding hydrogens is 507 g/mol. The van der Waals surface area contributed by atoms with E-state index in [1.54, 1.807) is 0 Å². The molecule has 2 heterocycles. The van der Waals surface area contributed by atoms with Gasteiger partial charge in [-0.2, -0.15) is 22.0 Å². The van der Waals surface area contributed by atoms with Gasteiger partial charge in [0.05, 0.1) is 11.8 Å². The zero-order chi connectivity index (χ0) is 26.8. The summed E-state index contributed by atoms with van der Waals surface area (Å²) in [5.74, 6) is -6.74. The Bertz CT molecular complexity index is 1370. The Morgan fingerprint density at radius 1 is 0.784 bits per heavy atom. The number of aromatic nitrogens is 3. The molecule has 37 heavy (non-hydrogen) atoms. The number of nitrogens with zero attached hydrogens (tertiary/aromatic N) is 3. The minimum Gasteiger partial charge on any atom is -0.487 e. The molecular formula is C25H16F7N3O2. The number of alkyl halides is 5. The van der Waals surface area contributed by atoms with E-state index in [1.807, 2.05) is 0 Å². The van der Waals surface area contributed by atoms with Crippen LogP contribution in [-0.4, -0.2) is 20.1 Å². The summed E-state index contributed by atoms with van der Waals surface area (Å²) in [6.07, 6.45) is -0.828. The molecule has 0 bridgehead atoms. The molecule has 1 atom stereocenters. The number of rotatable bonds is 7. The molecule has 0 saturated heterocycles. The van der Waals surface area contributed by atoms with Crippen molar-refractivity contribution in [2.24, 2.45) is 0 Å². The lowest BCUT2D eigenvalue weighted by Gasteiger charge is -2.36. The third kappa shape index (κ3) is 5.10. The third-order valence-corrected chi connectivity index (χ3v) is 5.50. The molecule has 192 valence electrons. The van der Waals surface area contributed by atoms with Crippen LogP contribution in [0.4, 0.5) is 30.7 Å². The number of aliphatic hydroxyl groups is 1. The molecule has 4 rings (SSSR count). The lowest BCUT2D eigenvalue weighted by molar-refractivity contribution is -0.175. The Kier molecular flexibility index (Phi) is 6.87. The van der Waals surface area contributed by atoms with Gasteiger partial charge in [0, 0.05) is 29.6 Å². The van der Waals surface area contributed by atoms with Crippen LogP contribution in [0.25, 0.3) is 0 Å². The second kappa shape index (κ2) is 9.77. The molecule has 0 saturated carbocycles. The predicted molar refractivity (Wildman–Crippen MR) is 115 cm³/mol. The van der Waals surface area contributed by atoms with Crippen LogP contribution >= 0.6 is 0 Å². The Hall–Kier alpha value is -4.06. The normalized spacial score (nSPS) is 13.7. The Labute approximate surface area is 205 Å². The van der Waals surface area contributed by atoms with Crippen LogP contribution < -0.4 is 4.74 Å². The predicted octanol–water partition coefficient (Wildman–Crippen LogP) is 5.78. The van der Waals surface area contributed by atoms with E-state index >= 15 is 8.78 Å². The molecule has 2 aromatic heterocycles. The summed E-state index contributed by atoms with van der Waals surface area (Å²) in [5, 5.41) is 11.3. The van der Waals surface area contributed by atoms with Crippen molar-refractivity contribution in [2.45, 2.75) is 24.3 Å². The van der Waals surface area contributed by atoms with Gasteiger partial charge < -0.3 is 9.84 Å². The van der Waals surface area contributed by atoms with Gasteiger partial charge in [0.15, 0.2) is 5.60 Å². The van der Waals surface area contributed by atoms with Crippen molar-refractivity contribution in [1.29, 1.82) is 0 Å². The van der Waals surface area contributed by atoms with Crippen LogP contribution in [0.1, 0.15) is 27.9 Å². The summed E-state index contributed by atoms with van der Waals surface area (Å²) < 4.78 is 103. The fourth-order valence-corrected chi connectivity index (χ4v) is 3.57. The van der Waals surface area contributed by atoms with E-state index in [9.17, 15) is 27.1 Å². The minimum atomic E-state index is -4.49. The number of halogens is 7. The maximum atomic E-state index is 15.8. The van der Waals surface area contributed by atoms with Crippen LogP contribution in [0, 0.1) is 11.6 Å². The minimum absolute atomic E-state index is 0.000931. The van der Waals surface area contributed by atoms with Gasteiger partial charge in [-0.3, -0.25) is 4.98 Å². The van der Waals surface area contributed by atoms with Crippen molar-refractivity contribution in [3.05, 3.63) is 119 Å². The highest BCUT2D eigenvalue weighted by molar-refractivity contribution is 5.40. The topological polar surface area (TPSA) is 68.1 Å². The summed E-state index contributed by atoms with van der Waals surface area (Å²) in [6, 6.07) is 7.86. The van der Waals surface area contributed by atoms with E-state index in [0.29, 0.717) is 17.7 Å². The van der Waals surface area contributed by atoms with Gasteiger partial charge in [-0.25, -0.2) is 18.7 Å². The molecule has 0 spiro atoms.